The van der Waals surface area contributed by atoms with Crippen molar-refractivity contribution in [3.05, 3.63) is 42.2 Å². The lowest BCUT2D eigenvalue weighted by Crippen LogP contribution is -2.09. The molecular formula is C12H12F2N2O3S. The number of hydrogen-bond donors (Lipinski definition) is 0. The Morgan fingerprint density at radius 3 is 2.50 bits per heavy atom. The molecule has 0 aliphatic carbocycles. The number of rotatable bonds is 5. The van der Waals surface area contributed by atoms with Gasteiger partial charge in [0, 0.05) is 25.2 Å². The molecule has 1 aromatic heterocycles. The van der Waals surface area contributed by atoms with Gasteiger partial charge in [-0.2, -0.15) is 8.78 Å². The summed E-state index contributed by atoms with van der Waals surface area (Å²) in [7, 11) is -3.41. The number of sulfone groups is 1. The van der Waals surface area contributed by atoms with E-state index < -0.39 is 16.4 Å². The fraction of sp³-hybridized carbons (Fsp3) is 0.250. The lowest BCUT2D eigenvalue weighted by molar-refractivity contribution is -0.0498. The van der Waals surface area contributed by atoms with Crippen molar-refractivity contribution in [2.24, 2.45) is 0 Å². The predicted molar refractivity (Wildman–Crippen MR) is 67.5 cm³/mol. The molecule has 0 amide bonds. The quantitative estimate of drug-likeness (QED) is 0.847. The van der Waals surface area contributed by atoms with Gasteiger partial charge in [0.25, 0.3) is 0 Å². The van der Waals surface area contributed by atoms with Crippen LogP contribution < -0.4 is 4.74 Å². The summed E-state index contributed by atoms with van der Waals surface area (Å²) in [6, 6.07) is 5.98. The molecule has 0 atom stereocenters. The second-order valence-electron chi connectivity index (χ2n) is 4.13. The first-order valence-electron chi connectivity index (χ1n) is 5.61. The maximum Gasteiger partial charge on any atom is 0.387 e. The summed E-state index contributed by atoms with van der Waals surface area (Å²) in [4.78, 5) is 3.79. The number of imidazole rings is 1. The molecule has 0 saturated heterocycles. The fourth-order valence-corrected chi connectivity index (χ4v) is 2.52. The molecule has 8 heteroatoms. The smallest absolute Gasteiger partial charge is 0.387 e. The Morgan fingerprint density at radius 1 is 1.30 bits per heavy atom. The number of aromatic nitrogens is 2. The van der Waals surface area contributed by atoms with Gasteiger partial charge in [-0.1, -0.05) is 12.1 Å². The van der Waals surface area contributed by atoms with Gasteiger partial charge in [0.15, 0.2) is 0 Å². The van der Waals surface area contributed by atoms with Crippen LogP contribution >= 0.6 is 0 Å². The highest BCUT2D eigenvalue weighted by Crippen LogP contribution is 2.16. The maximum atomic E-state index is 12.0. The highest BCUT2D eigenvalue weighted by molar-refractivity contribution is 7.90. The van der Waals surface area contributed by atoms with Crippen LogP contribution in [0.1, 0.15) is 5.56 Å². The molecule has 1 heterocycles. The van der Waals surface area contributed by atoms with Crippen molar-refractivity contribution in [1.29, 1.82) is 0 Å². The van der Waals surface area contributed by atoms with E-state index in [0.717, 1.165) is 11.8 Å². The Hall–Kier alpha value is -1.96. The third kappa shape index (κ3) is 3.53. The van der Waals surface area contributed by atoms with Crippen molar-refractivity contribution in [3.63, 3.8) is 0 Å². The lowest BCUT2D eigenvalue weighted by Gasteiger charge is -2.08. The Morgan fingerprint density at radius 2 is 1.95 bits per heavy atom. The molecule has 0 spiro atoms. The Labute approximate surface area is 114 Å². The molecule has 1 aromatic carbocycles. The van der Waals surface area contributed by atoms with Crippen molar-refractivity contribution in [3.8, 4) is 5.75 Å². The van der Waals surface area contributed by atoms with Gasteiger partial charge in [-0.3, -0.25) is 0 Å². The molecule has 2 rings (SSSR count). The summed E-state index contributed by atoms with van der Waals surface area (Å²) in [5.74, 6) is 0.0534. The number of ether oxygens (including phenoxy) is 1. The molecule has 0 aliphatic heterocycles. The van der Waals surface area contributed by atoms with Crippen molar-refractivity contribution >= 4 is 9.84 Å². The first kappa shape index (κ1) is 14.4. The van der Waals surface area contributed by atoms with Crippen LogP contribution in [0.5, 0.6) is 5.75 Å². The van der Waals surface area contributed by atoms with E-state index in [1.165, 1.54) is 22.9 Å². The van der Waals surface area contributed by atoms with Crippen LogP contribution in [0, 0.1) is 0 Å². The van der Waals surface area contributed by atoms with E-state index in [-0.39, 0.29) is 17.5 Å². The average Bonchev–Trinajstić information content (AvgIpc) is 2.79. The van der Waals surface area contributed by atoms with E-state index in [4.69, 9.17) is 0 Å². The summed E-state index contributed by atoms with van der Waals surface area (Å²) >= 11 is 0. The Balaban J connectivity index is 2.17. The SMILES string of the molecule is CS(=O)(=O)c1nccn1Cc1ccc(OC(F)F)cc1. The topological polar surface area (TPSA) is 61.2 Å². The van der Waals surface area contributed by atoms with Crippen molar-refractivity contribution < 1.29 is 21.9 Å². The number of benzene rings is 1. The number of halogens is 2. The first-order chi connectivity index (χ1) is 9.36. The van der Waals surface area contributed by atoms with E-state index in [1.807, 2.05) is 0 Å². The van der Waals surface area contributed by atoms with Crippen LogP contribution in [0.3, 0.4) is 0 Å². The van der Waals surface area contributed by atoms with E-state index >= 15 is 0 Å². The van der Waals surface area contributed by atoms with Gasteiger partial charge in [0.05, 0.1) is 0 Å². The summed E-state index contributed by atoms with van der Waals surface area (Å²) < 4.78 is 52.7. The van der Waals surface area contributed by atoms with Crippen LogP contribution in [0.2, 0.25) is 0 Å². The molecule has 0 N–H and O–H groups in total. The normalized spacial score (nSPS) is 11.8. The van der Waals surface area contributed by atoms with Gasteiger partial charge in [-0.25, -0.2) is 13.4 Å². The fourth-order valence-electron chi connectivity index (χ4n) is 1.72. The zero-order chi connectivity index (χ0) is 14.8. The van der Waals surface area contributed by atoms with Crippen molar-refractivity contribution in [2.45, 2.75) is 18.3 Å². The van der Waals surface area contributed by atoms with Crippen molar-refractivity contribution in [1.82, 2.24) is 9.55 Å². The molecule has 108 valence electrons. The monoisotopic (exact) mass is 302 g/mol. The molecule has 0 unspecified atom stereocenters. The summed E-state index contributed by atoms with van der Waals surface area (Å²) in [5.41, 5.74) is 0.745. The Bertz CT molecular complexity index is 681. The van der Waals surface area contributed by atoms with E-state index in [0.29, 0.717) is 0 Å². The zero-order valence-electron chi connectivity index (χ0n) is 10.5. The molecule has 0 bridgehead atoms. The molecule has 0 radical (unpaired) electrons. The summed E-state index contributed by atoms with van der Waals surface area (Å²) in [5, 5.41) is -0.0367. The van der Waals surface area contributed by atoms with Gasteiger partial charge < -0.3 is 9.30 Å². The number of alkyl halides is 2. The van der Waals surface area contributed by atoms with Crippen LogP contribution in [-0.2, 0) is 16.4 Å². The van der Waals surface area contributed by atoms with E-state index in [1.54, 1.807) is 18.3 Å². The molecular weight excluding hydrogens is 290 g/mol. The van der Waals surface area contributed by atoms with Gasteiger partial charge in [-0.05, 0) is 17.7 Å². The highest BCUT2D eigenvalue weighted by Gasteiger charge is 2.14. The minimum absolute atomic E-state index is 0.0367. The van der Waals surface area contributed by atoms with Crippen LogP contribution in [0.25, 0.3) is 0 Å². The average molecular weight is 302 g/mol. The second-order valence-corrected chi connectivity index (χ2v) is 6.04. The molecule has 2 aromatic rings. The molecule has 0 aliphatic rings. The third-order valence-corrected chi connectivity index (χ3v) is 3.51. The summed E-state index contributed by atoms with van der Waals surface area (Å²) in [6.07, 6.45) is 4.01. The first-order valence-corrected chi connectivity index (χ1v) is 7.50. The van der Waals surface area contributed by atoms with Crippen LogP contribution in [0.4, 0.5) is 8.78 Å². The largest absolute Gasteiger partial charge is 0.435 e. The molecule has 0 fully saturated rings. The number of hydrogen-bond acceptors (Lipinski definition) is 4. The van der Waals surface area contributed by atoms with Gasteiger partial charge in [-0.15, -0.1) is 0 Å². The minimum Gasteiger partial charge on any atom is -0.435 e. The lowest BCUT2D eigenvalue weighted by atomic mass is 10.2. The van der Waals surface area contributed by atoms with Crippen molar-refractivity contribution in [2.75, 3.05) is 6.26 Å². The molecule has 5 nitrogen and oxygen atoms in total. The maximum absolute atomic E-state index is 12.0. The van der Waals surface area contributed by atoms with Crippen LogP contribution in [-0.4, -0.2) is 30.8 Å². The standard InChI is InChI=1S/C12H12F2N2O3S/c1-20(17,18)12-15-6-7-16(12)8-9-2-4-10(5-3-9)19-11(13)14/h2-7,11H,8H2,1H3. The van der Waals surface area contributed by atoms with Crippen LogP contribution in [0.15, 0.2) is 41.8 Å². The van der Waals surface area contributed by atoms with Gasteiger partial charge in [0.1, 0.15) is 5.75 Å². The molecule has 0 saturated carbocycles. The Kier molecular flexibility index (Phi) is 4.03. The summed E-state index contributed by atoms with van der Waals surface area (Å²) in [6.45, 7) is -2.59. The third-order valence-electron chi connectivity index (χ3n) is 2.51. The predicted octanol–water partition coefficient (Wildman–Crippen LogP) is 1.94. The zero-order valence-corrected chi connectivity index (χ0v) is 11.3. The van der Waals surface area contributed by atoms with E-state index in [2.05, 4.69) is 9.72 Å². The number of nitrogens with zero attached hydrogens (tertiary/aromatic N) is 2. The second kappa shape index (κ2) is 5.58. The molecule has 20 heavy (non-hydrogen) atoms. The van der Waals surface area contributed by atoms with Gasteiger partial charge >= 0.3 is 6.61 Å². The van der Waals surface area contributed by atoms with Gasteiger partial charge in [0.2, 0.25) is 15.0 Å². The highest BCUT2D eigenvalue weighted by atomic mass is 32.2. The van der Waals surface area contributed by atoms with E-state index in [9.17, 15) is 17.2 Å². The minimum atomic E-state index is -3.41.